The van der Waals surface area contributed by atoms with Gasteiger partial charge in [-0.2, -0.15) is 0 Å². The van der Waals surface area contributed by atoms with Gasteiger partial charge in [0.1, 0.15) is 11.6 Å². The van der Waals surface area contributed by atoms with E-state index < -0.39 is 0 Å². The smallest absolute Gasteiger partial charge is 0.149 e. The minimum absolute atomic E-state index is 0.399. The zero-order valence-electron chi connectivity index (χ0n) is 10.7. The third-order valence-electron chi connectivity index (χ3n) is 2.85. The number of hydrogen-bond donors (Lipinski definition) is 1. The summed E-state index contributed by atoms with van der Waals surface area (Å²) in [6.45, 7) is 4.33. The number of aromatic nitrogens is 1. The Hall–Kier alpha value is -0.670. The largest absolute Gasteiger partial charge is 0.372 e. The van der Waals surface area contributed by atoms with Gasteiger partial charge in [0.05, 0.1) is 10.0 Å². The molecule has 0 saturated heterocycles. The van der Waals surface area contributed by atoms with E-state index in [0.717, 1.165) is 18.7 Å². The van der Waals surface area contributed by atoms with Crippen molar-refractivity contribution in [2.45, 2.75) is 32.7 Å². The van der Waals surface area contributed by atoms with Gasteiger partial charge in [0, 0.05) is 20.1 Å². The van der Waals surface area contributed by atoms with E-state index >= 15 is 0 Å². The molecular formula is C12H19Cl2N3. The van der Waals surface area contributed by atoms with Gasteiger partial charge >= 0.3 is 0 Å². The first-order valence-corrected chi connectivity index (χ1v) is 6.53. The van der Waals surface area contributed by atoms with Gasteiger partial charge in [-0.1, -0.05) is 36.5 Å². The van der Waals surface area contributed by atoms with Gasteiger partial charge in [-0.3, -0.25) is 0 Å². The summed E-state index contributed by atoms with van der Waals surface area (Å²) in [4.78, 5) is 6.53. The topological polar surface area (TPSA) is 28.2 Å². The van der Waals surface area contributed by atoms with Crippen molar-refractivity contribution < 1.29 is 0 Å². The maximum Gasteiger partial charge on any atom is 0.149 e. The fraction of sp³-hybridized carbons (Fsp3) is 0.583. The normalized spacial score (nSPS) is 12.4. The monoisotopic (exact) mass is 275 g/mol. The first kappa shape index (κ1) is 14.4. The Morgan fingerprint density at radius 1 is 1.41 bits per heavy atom. The van der Waals surface area contributed by atoms with Gasteiger partial charge in [-0.25, -0.2) is 4.98 Å². The van der Waals surface area contributed by atoms with Crippen molar-refractivity contribution in [3.8, 4) is 0 Å². The fourth-order valence-corrected chi connectivity index (χ4v) is 2.29. The predicted molar refractivity (Wildman–Crippen MR) is 76.6 cm³/mol. The van der Waals surface area contributed by atoms with Crippen molar-refractivity contribution in [1.82, 2.24) is 4.98 Å². The summed E-state index contributed by atoms with van der Waals surface area (Å²) in [5.41, 5.74) is 0. The molecule has 1 rings (SSSR count). The van der Waals surface area contributed by atoms with Crippen LogP contribution in [0, 0.1) is 0 Å². The van der Waals surface area contributed by atoms with Crippen molar-refractivity contribution >= 4 is 34.8 Å². The van der Waals surface area contributed by atoms with Crippen LogP contribution >= 0.6 is 23.2 Å². The zero-order chi connectivity index (χ0) is 13.0. The van der Waals surface area contributed by atoms with Gasteiger partial charge in [-0.05, 0) is 19.4 Å². The van der Waals surface area contributed by atoms with Crippen LogP contribution in [0.25, 0.3) is 0 Å². The average molecular weight is 276 g/mol. The van der Waals surface area contributed by atoms with E-state index in [0.29, 0.717) is 21.9 Å². The SMILES string of the molecule is CCCC(C)N(C)c1nc(NC)c(Cl)cc1Cl. The van der Waals surface area contributed by atoms with Crippen LogP contribution in [-0.4, -0.2) is 25.1 Å². The quantitative estimate of drug-likeness (QED) is 0.879. The van der Waals surface area contributed by atoms with E-state index in [1.807, 2.05) is 7.05 Å². The van der Waals surface area contributed by atoms with E-state index in [1.54, 1.807) is 13.1 Å². The summed E-state index contributed by atoms with van der Waals surface area (Å²) in [6.07, 6.45) is 2.24. The Morgan fingerprint density at radius 3 is 2.59 bits per heavy atom. The zero-order valence-corrected chi connectivity index (χ0v) is 12.2. The van der Waals surface area contributed by atoms with Crippen LogP contribution in [0.3, 0.4) is 0 Å². The number of nitrogens with one attached hydrogen (secondary N) is 1. The summed E-state index contributed by atoms with van der Waals surface area (Å²) >= 11 is 12.2. The first-order valence-electron chi connectivity index (χ1n) is 5.77. The molecule has 1 unspecified atom stereocenters. The molecule has 1 heterocycles. The summed E-state index contributed by atoms with van der Waals surface area (Å²) in [5, 5.41) is 4.08. The summed E-state index contributed by atoms with van der Waals surface area (Å²) in [7, 11) is 3.79. The average Bonchev–Trinajstić information content (AvgIpc) is 2.29. The Labute approximate surface area is 113 Å². The molecule has 0 spiro atoms. The summed E-state index contributed by atoms with van der Waals surface area (Å²) in [5.74, 6) is 1.42. The van der Waals surface area contributed by atoms with Crippen LogP contribution in [0.15, 0.2) is 6.07 Å². The predicted octanol–water partition coefficient (Wildman–Crippen LogP) is 4.05. The van der Waals surface area contributed by atoms with E-state index in [9.17, 15) is 0 Å². The molecule has 0 saturated carbocycles. The molecule has 96 valence electrons. The third-order valence-corrected chi connectivity index (χ3v) is 3.42. The highest BCUT2D eigenvalue weighted by Gasteiger charge is 2.16. The molecule has 0 aliphatic heterocycles. The van der Waals surface area contributed by atoms with Crippen LogP contribution in [0.2, 0.25) is 10.0 Å². The Bertz CT molecular complexity index is 382. The van der Waals surface area contributed by atoms with Gasteiger partial charge < -0.3 is 10.2 Å². The van der Waals surface area contributed by atoms with Crippen LogP contribution < -0.4 is 10.2 Å². The standard InChI is InChI=1S/C12H19Cl2N3/c1-5-6-8(2)17(4)12-10(14)7-9(13)11(15-3)16-12/h7-8H,5-6H2,1-4H3,(H,15,16). The lowest BCUT2D eigenvalue weighted by Crippen LogP contribution is -2.29. The van der Waals surface area contributed by atoms with Gasteiger partial charge in [0.25, 0.3) is 0 Å². The van der Waals surface area contributed by atoms with E-state index in [4.69, 9.17) is 23.2 Å². The van der Waals surface area contributed by atoms with Crippen LogP contribution in [-0.2, 0) is 0 Å². The number of pyridine rings is 1. The van der Waals surface area contributed by atoms with Crippen molar-refractivity contribution in [2.24, 2.45) is 0 Å². The van der Waals surface area contributed by atoms with Crippen molar-refractivity contribution in [1.29, 1.82) is 0 Å². The Balaban J connectivity index is 3.04. The fourth-order valence-electron chi connectivity index (χ4n) is 1.70. The highest BCUT2D eigenvalue weighted by molar-refractivity contribution is 6.37. The van der Waals surface area contributed by atoms with E-state index in [-0.39, 0.29) is 0 Å². The van der Waals surface area contributed by atoms with Crippen molar-refractivity contribution in [3.05, 3.63) is 16.1 Å². The molecule has 0 radical (unpaired) electrons. The minimum atomic E-state index is 0.399. The maximum atomic E-state index is 6.18. The van der Waals surface area contributed by atoms with Crippen molar-refractivity contribution in [2.75, 3.05) is 24.3 Å². The molecule has 0 bridgehead atoms. The maximum absolute atomic E-state index is 6.18. The lowest BCUT2D eigenvalue weighted by molar-refractivity contribution is 0.611. The molecule has 1 aromatic rings. The molecule has 3 nitrogen and oxygen atoms in total. The molecule has 1 atom stereocenters. The first-order chi connectivity index (χ1) is 8.01. The number of rotatable bonds is 5. The number of halogens is 2. The lowest BCUT2D eigenvalue weighted by atomic mass is 10.2. The molecule has 0 aliphatic rings. The molecule has 17 heavy (non-hydrogen) atoms. The second kappa shape index (κ2) is 6.31. The second-order valence-corrected chi connectivity index (χ2v) is 4.94. The minimum Gasteiger partial charge on any atom is -0.372 e. The van der Waals surface area contributed by atoms with Crippen LogP contribution in [0.1, 0.15) is 26.7 Å². The molecule has 5 heteroatoms. The van der Waals surface area contributed by atoms with E-state index in [2.05, 4.69) is 29.0 Å². The highest BCUT2D eigenvalue weighted by atomic mass is 35.5. The summed E-state index contributed by atoms with van der Waals surface area (Å²) in [6, 6.07) is 2.13. The van der Waals surface area contributed by atoms with Crippen LogP contribution in [0.4, 0.5) is 11.6 Å². The number of nitrogens with zero attached hydrogens (tertiary/aromatic N) is 2. The molecule has 0 amide bonds. The van der Waals surface area contributed by atoms with Crippen LogP contribution in [0.5, 0.6) is 0 Å². The van der Waals surface area contributed by atoms with Gasteiger partial charge in [0.15, 0.2) is 0 Å². The highest BCUT2D eigenvalue weighted by Crippen LogP contribution is 2.31. The van der Waals surface area contributed by atoms with Gasteiger partial charge in [0.2, 0.25) is 0 Å². The lowest BCUT2D eigenvalue weighted by Gasteiger charge is -2.27. The molecular weight excluding hydrogens is 257 g/mol. The number of hydrogen-bond acceptors (Lipinski definition) is 3. The Kier molecular flexibility index (Phi) is 5.34. The van der Waals surface area contributed by atoms with Crippen molar-refractivity contribution in [3.63, 3.8) is 0 Å². The molecule has 0 aromatic carbocycles. The third kappa shape index (κ3) is 3.39. The van der Waals surface area contributed by atoms with Gasteiger partial charge in [-0.15, -0.1) is 0 Å². The Morgan fingerprint density at radius 2 is 2.06 bits per heavy atom. The molecule has 0 aliphatic carbocycles. The summed E-state index contributed by atoms with van der Waals surface area (Å²) < 4.78 is 0. The van der Waals surface area contributed by atoms with E-state index in [1.165, 1.54) is 0 Å². The molecule has 0 fully saturated rings. The molecule has 1 N–H and O–H groups in total. The second-order valence-electron chi connectivity index (χ2n) is 4.12. The number of anilines is 2. The molecule has 1 aromatic heterocycles.